The van der Waals surface area contributed by atoms with E-state index in [2.05, 4.69) is 31.2 Å². The number of aliphatic hydroxyl groups excluding tert-OH is 2. The van der Waals surface area contributed by atoms with Crippen LogP contribution in [0, 0.1) is 11.8 Å². The zero-order chi connectivity index (χ0) is 39.0. The molecule has 0 aliphatic carbocycles. The third-order valence-corrected chi connectivity index (χ3v) is 9.99. The van der Waals surface area contributed by atoms with Crippen molar-refractivity contribution in [2.75, 3.05) is 6.61 Å². The number of aromatic nitrogens is 2. The number of amides is 4. The summed E-state index contributed by atoms with van der Waals surface area (Å²) in [5.74, 6) is -1.89. The fraction of sp³-hybridized carbons (Fsp3) is 0.439. The molecule has 0 bridgehead atoms. The predicted octanol–water partition coefficient (Wildman–Crippen LogP) is 3.93. The molecule has 3 aromatic carbocycles. The molecule has 4 amide bonds. The topological polar surface area (TPSA) is 195 Å². The van der Waals surface area contributed by atoms with E-state index in [1.165, 1.54) is 6.33 Å². The fourth-order valence-corrected chi connectivity index (χ4v) is 6.28. The first-order valence-corrected chi connectivity index (χ1v) is 18.6. The van der Waals surface area contributed by atoms with Gasteiger partial charge >= 0.3 is 6.09 Å². The number of rotatable bonds is 20. The van der Waals surface area contributed by atoms with Gasteiger partial charge in [-0.2, -0.15) is 0 Å². The second-order valence-electron chi connectivity index (χ2n) is 13.9. The van der Waals surface area contributed by atoms with Gasteiger partial charge in [0, 0.05) is 24.7 Å². The number of hydrogen-bond acceptors (Lipinski definition) is 8. The second kappa shape index (κ2) is 20.8. The molecule has 0 saturated heterocycles. The van der Waals surface area contributed by atoms with Crippen molar-refractivity contribution in [1.29, 1.82) is 0 Å². The van der Waals surface area contributed by atoms with Gasteiger partial charge in [0.1, 0.15) is 18.7 Å². The van der Waals surface area contributed by atoms with Crippen molar-refractivity contribution in [3.05, 3.63) is 102 Å². The normalized spacial score (nSPS) is 15.1. The van der Waals surface area contributed by atoms with Crippen molar-refractivity contribution in [2.24, 2.45) is 11.8 Å². The van der Waals surface area contributed by atoms with Crippen LogP contribution in [0.5, 0.6) is 0 Å². The van der Waals surface area contributed by atoms with E-state index >= 15 is 0 Å². The molecule has 0 fully saturated rings. The van der Waals surface area contributed by atoms with Crippen molar-refractivity contribution in [2.45, 2.75) is 96.7 Å². The summed E-state index contributed by atoms with van der Waals surface area (Å²) in [4.78, 5) is 61.4. The molecular weight excluding hydrogens is 688 g/mol. The Balaban J connectivity index is 1.56. The molecule has 290 valence electrons. The summed E-state index contributed by atoms with van der Waals surface area (Å²) in [6.45, 7) is 7.40. The summed E-state index contributed by atoms with van der Waals surface area (Å²) in [6.07, 6.45) is 2.08. The number of aromatic amines is 1. The lowest BCUT2D eigenvalue weighted by atomic mass is 9.91. The first-order chi connectivity index (χ1) is 26.0. The predicted molar refractivity (Wildman–Crippen MR) is 206 cm³/mol. The first-order valence-electron chi connectivity index (χ1n) is 18.6. The molecule has 0 radical (unpaired) electrons. The van der Waals surface area contributed by atoms with Crippen LogP contribution in [0.15, 0.2) is 85.3 Å². The van der Waals surface area contributed by atoms with Crippen LogP contribution in [0.25, 0.3) is 10.8 Å². The molecule has 4 unspecified atom stereocenters. The third-order valence-electron chi connectivity index (χ3n) is 9.99. The monoisotopic (exact) mass is 742 g/mol. The highest BCUT2D eigenvalue weighted by Crippen LogP contribution is 2.21. The average Bonchev–Trinajstić information content (AvgIpc) is 3.70. The SMILES string of the molecule is CCC(C)C(NC(=O)[C@H](Cc1cnc[nH]1)NC(=O)[C@H](Cc1cccc2ccccc12)NC(=O)OCc1ccccc1)C(O)CC(=O)N[C@H](CO)C(C)CC. The molecule has 7 N–H and O–H groups in total. The number of H-pyrrole nitrogens is 1. The molecule has 54 heavy (non-hydrogen) atoms. The van der Waals surface area contributed by atoms with Crippen LogP contribution >= 0.6 is 0 Å². The number of nitrogens with one attached hydrogen (secondary N) is 5. The van der Waals surface area contributed by atoms with Gasteiger partial charge in [-0.3, -0.25) is 14.4 Å². The lowest BCUT2D eigenvalue weighted by Crippen LogP contribution is -2.58. The highest BCUT2D eigenvalue weighted by atomic mass is 16.5. The Morgan fingerprint density at radius 3 is 2.15 bits per heavy atom. The highest BCUT2D eigenvalue weighted by Gasteiger charge is 2.33. The number of carbonyl (C=O) groups is 4. The number of fused-ring (bicyclic) bond motifs is 1. The quantitative estimate of drug-likeness (QED) is 0.0708. The van der Waals surface area contributed by atoms with Crippen LogP contribution in [0.1, 0.15) is 63.8 Å². The Labute approximate surface area is 316 Å². The number of benzene rings is 3. The van der Waals surface area contributed by atoms with Gasteiger partial charge in [-0.15, -0.1) is 0 Å². The lowest BCUT2D eigenvalue weighted by Gasteiger charge is -2.31. The highest BCUT2D eigenvalue weighted by molar-refractivity contribution is 5.93. The Morgan fingerprint density at radius 2 is 1.46 bits per heavy atom. The molecule has 7 atom stereocenters. The first kappa shape index (κ1) is 41.5. The molecule has 4 rings (SSSR count). The van der Waals surface area contributed by atoms with Gasteiger partial charge in [-0.25, -0.2) is 9.78 Å². The summed E-state index contributed by atoms with van der Waals surface area (Å²) < 4.78 is 5.47. The standard InChI is InChI=1S/C41H54N6O7/c1-5-26(3)35(23-48)44-37(50)21-36(49)38(27(4)6-2)47-40(52)34(20-31-22-42-25-43-31)45-39(51)33(46-41(53)54-24-28-13-8-7-9-14-28)19-30-17-12-16-29-15-10-11-18-32(29)30/h7-18,22,25-27,33-36,38,48-49H,5-6,19-21,23-24H2,1-4H3,(H,42,43)(H,44,50)(H,45,51)(H,46,53)(H,47,52)/t26?,27?,33-,34-,35+,36?,38?/m0/s1. The lowest BCUT2D eigenvalue weighted by molar-refractivity contribution is -0.131. The van der Waals surface area contributed by atoms with Gasteiger partial charge in [0.25, 0.3) is 0 Å². The number of ether oxygens (including phenoxy) is 1. The summed E-state index contributed by atoms with van der Waals surface area (Å²) in [6, 6.07) is 19.0. The Bertz CT molecular complexity index is 1780. The van der Waals surface area contributed by atoms with E-state index in [1.807, 2.05) is 100 Å². The number of aliphatic hydroxyl groups is 2. The molecule has 0 aliphatic rings. The molecule has 4 aromatic rings. The minimum absolute atomic E-state index is 0.00419. The fourth-order valence-electron chi connectivity index (χ4n) is 6.28. The summed E-state index contributed by atoms with van der Waals surface area (Å²) in [5.41, 5.74) is 2.15. The van der Waals surface area contributed by atoms with Gasteiger partial charge in [-0.1, -0.05) is 113 Å². The Hall–Kier alpha value is -5.27. The van der Waals surface area contributed by atoms with Crippen LogP contribution < -0.4 is 21.3 Å². The van der Waals surface area contributed by atoms with E-state index in [9.17, 15) is 29.4 Å². The van der Waals surface area contributed by atoms with Crippen molar-refractivity contribution in [1.82, 2.24) is 31.2 Å². The second-order valence-corrected chi connectivity index (χ2v) is 13.9. The molecular formula is C41H54N6O7. The van der Waals surface area contributed by atoms with Crippen LogP contribution in [-0.2, 0) is 38.6 Å². The van der Waals surface area contributed by atoms with Gasteiger partial charge in [0.2, 0.25) is 17.7 Å². The van der Waals surface area contributed by atoms with Gasteiger partial charge in [-0.05, 0) is 33.7 Å². The van der Waals surface area contributed by atoms with Crippen LogP contribution in [0.3, 0.4) is 0 Å². The maximum Gasteiger partial charge on any atom is 0.408 e. The maximum atomic E-state index is 14.2. The third kappa shape index (κ3) is 12.1. The molecule has 1 heterocycles. The number of hydrogen-bond donors (Lipinski definition) is 7. The van der Waals surface area contributed by atoms with Crippen molar-refractivity contribution >= 4 is 34.6 Å². The zero-order valence-electron chi connectivity index (χ0n) is 31.5. The minimum atomic E-state index is -1.26. The van der Waals surface area contributed by atoms with E-state index < -0.39 is 54.1 Å². The maximum absolute atomic E-state index is 14.2. The minimum Gasteiger partial charge on any atom is -0.445 e. The van der Waals surface area contributed by atoms with Crippen molar-refractivity contribution in [3.63, 3.8) is 0 Å². The van der Waals surface area contributed by atoms with E-state index in [4.69, 9.17) is 4.74 Å². The number of imidazole rings is 1. The number of alkyl carbamates (subject to hydrolysis) is 1. The van der Waals surface area contributed by atoms with E-state index in [-0.39, 0.29) is 44.3 Å². The van der Waals surface area contributed by atoms with Gasteiger partial charge in [0.15, 0.2) is 0 Å². The van der Waals surface area contributed by atoms with E-state index in [0.717, 1.165) is 28.3 Å². The van der Waals surface area contributed by atoms with E-state index in [1.54, 1.807) is 6.20 Å². The van der Waals surface area contributed by atoms with Gasteiger partial charge in [0.05, 0.1) is 37.5 Å². The number of nitrogens with zero attached hydrogens (tertiary/aromatic N) is 1. The van der Waals surface area contributed by atoms with Gasteiger partial charge < -0.3 is 41.2 Å². The Kier molecular flexibility index (Phi) is 16.0. The van der Waals surface area contributed by atoms with Crippen LogP contribution in [0.4, 0.5) is 4.79 Å². The summed E-state index contributed by atoms with van der Waals surface area (Å²) in [5, 5.41) is 34.2. The molecule has 0 spiro atoms. The zero-order valence-corrected chi connectivity index (χ0v) is 31.5. The van der Waals surface area contributed by atoms with Crippen LogP contribution in [-0.4, -0.2) is 80.9 Å². The summed E-state index contributed by atoms with van der Waals surface area (Å²) >= 11 is 0. The Morgan fingerprint density at radius 1 is 0.796 bits per heavy atom. The molecule has 13 nitrogen and oxygen atoms in total. The van der Waals surface area contributed by atoms with Crippen molar-refractivity contribution < 1.29 is 34.1 Å². The molecule has 13 heteroatoms. The van der Waals surface area contributed by atoms with Crippen molar-refractivity contribution in [3.8, 4) is 0 Å². The molecule has 0 aliphatic heterocycles. The average molecular weight is 743 g/mol. The molecule has 1 aromatic heterocycles. The number of carbonyl (C=O) groups excluding carboxylic acids is 4. The van der Waals surface area contributed by atoms with E-state index in [0.29, 0.717) is 12.1 Å². The largest absolute Gasteiger partial charge is 0.445 e. The smallest absolute Gasteiger partial charge is 0.408 e. The summed E-state index contributed by atoms with van der Waals surface area (Å²) in [7, 11) is 0. The molecule has 0 saturated carbocycles. The van der Waals surface area contributed by atoms with Crippen LogP contribution in [0.2, 0.25) is 0 Å².